The quantitative estimate of drug-likeness (QED) is 0.708. The standard InChI is InChI=1S/C11H22N2S/c1-5-10(4)14-7-6-11(8-12)13-9(2)3/h9-11,13H,5-7H2,1-4H3. The molecule has 0 aromatic heterocycles. The molecule has 14 heavy (non-hydrogen) atoms. The number of hydrogen-bond donors (Lipinski definition) is 1. The van der Waals surface area contributed by atoms with E-state index >= 15 is 0 Å². The molecule has 0 fully saturated rings. The normalized spacial score (nSPS) is 15.1. The van der Waals surface area contributed by atoms with Gasteiger partial charge in [-0.25, -0.2) is 0 Å². The zero-order valence-electron chi connectivity index (χ0n) is 9.71. The van der Waals surface area contributed by atoms with E-state index in [1.165, 1.54) is 6.42 Å². The van der Waals surface area contributed by atoms with Crippen molar-refractivity contribution in [2.75, 3.05) is 5.75 Å². The van der Waals surface area contributed by atoms with Crippen molar-refractivity contribution in [1.82, 2.24) is 5.32 Å². The van der Waals surface area contributed by atoms with Crippen LogP contribution in [0.1, 0.15) is 40.5 Å². The van der Waals surface area contributed by atoms with E-state index in [0.29, 0.717) is 11.3 Å². The Bertz CT molecular complexity index is 175. The van der Waals surface area contributed by atoms with Crippen LogP contribution in [0.2, 0.25) is 0 Å². The third kappa shape index (κ3) is 7.23. The Kier molecular flexibility index (Phi) is 8.02. The van der Waals surface area contributed by atoms with Gasteiger partial charge in [-0.1, -0.05) is 13.8 Å². The van der Waals surface area contributed by atoms with E-state index in [0.717, 1.165) is 12.2 Å². The lowest BCUT2D eigenvalue weighted by Gasteiger charge is -2.15. The second kappa shape index (κ2) is 8.14. The van der Waals surface area contributed by atoms with E-state index < -0.39 is 0 Å². The van der Waals surface area contributed by atoms with E-state index in [1.54, 1.807) is 0 Å². The molecule has 0 radical (unpaired) electrons. The first-order valence-corrected chi connectivity index (χ1v) is 6.42. The minimum atomic E-state index is 0.0200. The summed E-state index contributed by atoms with van der Waals surface area (Å²) in [5.41, 5.74) is 0. The average Bonchev–Trinajstić information content (AvgIpc) is 2.15. The molecule has 0 aromatic carbocycles. The Morgan fingerprint density at radius 1 is 1.36 bits per heavy atom. The van der Waals surface area contributed by atoms with Gasteiger partial charge in [0, 0.05) is 11.3 Å². The van der Waals surface area contributed by atoms with Crippen LogP contribution in [0, 0.1) is 11.3 Å². The summed E-state index contributed by atoms with van der Waals surface area (Å²) in [6.45, 7) is 8.59. The summed E-state index contributed by atoms with van der Waals surface area (Å²) < 4.78 is 0. The number of rotatable bonds is 7. The van der Waals surface area contributed by atoms with Crippen LogP contribution in [0.25, 0.3) is 0 Å². The molecular formula is C11H22N2S. The van der Waals surface area contributed by atoms with Crippen molar-refractivity contribution in [1.29, 1.82) is 5.26 Å². The smallest absolute Gasteiger partial charge is 0.0962 e. The summed E-state index contributed by atoms with van der Waals surface area (Å²) in [4.78, 5) is 0. The monoisotopic (exact) mass is 214 g/mol. The molecular weight excluding hydrogens is 192 g/mol. The van der Waals surface area contributed by atoms with Gasteiger partial charge in [0.05, 0.1) is 12.1 Å². The fraction of sp³-hybridized carbons (Fsp3) is 0.909. The van der Waals surface area contributed by atoms with Gasteiger partial charge < -0.3 is 0 Å². The summed E-state index contributed by atoms with van der Waals surface area (Å²) in [7, 11) is 0. The number of nitrogens with zero attached hydrogens (tertiary/aromatic N) is 1. The van der Waals surface area contributed by atoms with Gasteiger partial charge in [-0.2, -0.15) is 17.0 Å². The summed E-state index contributed by atoms with van der Waals surface area (Å²) in [5, 5.41) is 12.8. The van der Waals surface area contributed by atoms with Gasteiger partial charge in [-0.15, -0.1) is 0 Å². The van der Waals surface area contributed by atoms with Crippen LogP contribution in [-0.2, 0) is 0 Å². The maximum absolute atomic E-state index is 8.88. The van der Waals surface area contributed by atoms with Crippen molar-refractivity contribution in [3.8, 4) is 6.07 Å². The average molecular weight is 214 g/mol. The summed E-state index contributed by atoms with van der Waals surface area (Å²) >= 11 is 1.96. The van der Waals surface area contributed by atoms with Gasteiger partial charge in [-0.05, 0) is 32.4 Å². The number of nitrogens with one attached hydrogen (secondary N) is 1. The van der Waals surface area contributed by atoms with Crippen molar-refractivity contribution in [3.05, 3.63) is 0 Å². The molecule has 0 aliphatic rings. The van der Waals surface area contributed by atoms with Gasteiger partial charge in [0.25, 0.3) is 0 Å². The third-order valence-corrected chi connectivity index (χ3v) is 3.45. The molecule has 0 heterocycles. The zero-order valence-corrected chi connectivity index (χ0v) is 10.5. The molecule has 0 rings (SSSR count). The van der Waals surface area contributed by atoms with Crippen LogP contribution >= 0.6 is 11.8 Å². The Balaban J connectivity index is 3.59. The van der Waals surface area contributed by atoms with Crippen LogP contribution in [0.5, 0.6) is 0 Å². The molecule has 1 N–H and O–H groups in total. The van der Waals surface area contributed by atoms with Gasteiger partial charge in [-0.3, -0.25) is 5.32 Å². The molecule has 0 aromatic rings. The minimum Gasteiger partial charge on any atom is -0.300 e. The highest BCUT2D eigenvalue weighted by atomic mass is 32.2. The van der Waals surface area contributed by atoms with Gasteiger partial charge in [0.1, 0.15) is 0 Å². The highest BCUT2D eigenvalue weighted by Gasteiger charge is 2.08. The highest BCUT2D eigenvalue weighted by Crippen LogP contribution is 2.15. The molecule has 0 spiro atoms. The Morgan fingerprint density at radius 3 is 2.43 bits per heavy atom. The molecule has 0 aliphatic heterocycles. The van der Waals surface area contributed by atoms with Crippen LogP contribution in [-0.4, -0.2) is 23.1 Å². The molecule has 2 nitrogen and oxygen atoms in total. The Morgan fingerprint density at radius 2 is 2.00 bits per heavy atom. The fourth-order valence-electron chi connectivity index (χ4n) is 1.09. The van der Waals surface area contributed by atoms with Crippen LogP contribution in [0.3, 0.4) is 0 Å². The number of hydrogen-bond acceptors (Lipinski definition) is 3. The molecule has 82 valence electrons. The molecule has 0 bridgehead atoms. The first-order chi connectivity index (χ1) is 6.60. The van der Waals surface area contributed by atoms with E-state index in [9.17, 15) is 0 Å². The second-order valence-corrected chi connectivity index (χ2v) is 5.43. The van der Waals surface area contributed by atoms with Crippen molar-refractivity contribution in [2.24, 2.45) is 0 Å². The largest absolute Gasteiger partial charge is 0.300 e. The lowest BCUT2D eigenvalue weighted by Crippen LogP contribution is -2.34. The SMILES string of the molecule is CCC(C)SCCC(C#N)NC(C)C. The molecule has 0 aliphatic carbocycles. The maximum Gasteiger partial charge on any atom is 0.0962 e. The molecule has 2 unspecified atom stereocenters. The Hall–Kier alpha value is -0.200. The summed E-state index contributed by atoms with van der Waals surface area (Å²) in [6, 6.07) is 2.72. The van der Waals surface area contributed by atoms with Gasteiger partial charge in [0.2, 0.25) is 0 Å². The third-order valence-electron chi connectivity index (χ3n) is 2.07. The first kappa shape index (κ1) is 13.8. The zero-order chi connectivity index (χ0) is 11.0. The highest BCUT2D eigenvalue weighted by molar-refractivity contribution is 7.99. The number of thioether (sulfide) groups is 1. The van der Waals surface area contributed by atoms with Crippen molar-refractivity contribution < 1.29 is 0 Å². The molecule has 2 atom stereocenters. The van der Waals surface area contributed by atoms with E-state index in [2.05, 4.69) is 39.1 Å². The minimum absolute atomic E-state index is 0.0200. The maximum atomic E-state index is 8.88. The van der Waals surface area contributed by atoms with Crippen LogP contribution in [0.15, 0.2) is 0 Å². The van der Waals surface area contributed by atoms with Crippen LogP contribution in [0.4, 0.5) is 0 Å². The molecule has 0 amide bonds. The van der Waals surface area contributed by atoms with E-state index in [1.807, 2.05) is 11.8 Å². The molecule has 0 saturated heterocycles. The van der Waals surface area contributed by atoms with Crippen LogP contribution < -0.4 is 5.32 Å². The lowest BCUT2D eigenvalue weighted by molar-refractivity contribution is 0.522. The predicted molar refractivity (Wildman–Crippen MR) is 64.5 cm³/mol. The lowest BCUT2D eigenvalue weighted by atomic mass is 10.2. The summed E-state index contributed by atoms with van der Waals surface area (Å²) in [5.74, 6) is 1.08. The molecule has 0 saturated carbocycles. The van der Waals surface area contributed by atoms with Gasteiger partial charge >= 0.3 is 0 Å². The number of nitriles is 1. The van der Waals surface area contributed by atoms with Crippen molar-refractivity contribution >= 4 is 11.8 Å². The second-order valence-electron chi connectivity index (χ2n) is 3.88. The first-order valence-electron chi connectivity index (χ1n) is 5.37. The molecule has 3 heteroatoms. The topological polar surface area (TPSA) is 35.8 Å². The van der Waals surface area contributed by atoms with E-state index in [-0.39, 0.29) is 6.04 Å². The Labute approximate surface area is 92.5 Å². The fourth-order valence-corrected chi connectivity index (χ4v) is 2.10. The van der Waals surface area contributed by atoms with E-state index in [4.69, 9.17) is 5.26 Å². The summed E-state index contributed by atoms with van der Waals surface area (Å²) in [6.07, 6.45) is 2.16. The van der Waals surface area contributed by atoms with Crippen molar-refractivity contribution in [2.45, 2.75) is 57.9 Å². The van der Waals surface area contributed by atoms with Crippen molar-refractivity contribution in [3.63, 3.8) is 0 Å². The predicted octanol–water partition coefficient (Wildman–Crippen LogP) is 2.80. The van der Waals surface area contributed by atoms with Gasteiger partial charge in [0.15, 0.2) is 0 Å².